The number of halogens is 2. The van der Waals surface area contributed by atoms with Gasteiger partial charge in [-0.05, 0) is 58.3 Å². The van der Waals surface area contributed by atoms with Crippen LogP contribution in [-0.2, 0) is 0 Å². The van der Waals surface area contributed by atoms with Crippen LogP contribution in [0.1, 0.15) is 33.2 Å². The Balaban J connectivity index is 1.75. The van der Waals surface area contributed by atoms with E-state index in [-0.39, 0.29) is 0 Å². The quantitative estimate of drug-likeness (QED) is 0.563. The molecule has 0 spiro atoms. The van der Waals surface area contributed by atoms with Crippen LogP contribution in [0.25, 0.3) is 0 Å². The predicted molar refractivity (Wildman–Crippen MR) is 85.7 cm³/mol. The van der Waals surface area contributed by atoms with Gasteiger partial charge in [-0.3, -0.25) is 0 Å². The second-order valence-electron chi connectivity index (χ2n) is 4.92. The Morgan fingerprint density at radius 1 is 1.28 bits per heavy atom. The number of hydrogen-bond donors (Lipinski definition) is 0. The van der Waals surface area contributed by atoms with E-state index < -0.39 is 0 Å². The minimum atomic E-state index is 0.498. The Morgan fingerprint density at radius 3 is 2.61 bits per heavy atom. The van der Waals surface area contributed by atoms with E-state index in [1.54, 1.807) is 0 Å². The predicted octanol–water partition coefficient (Wildman–Crippen LogP) is 6.06. The standard InChI is InChI=1S/C15H14Br2S/c1-9-7-13(18-15(9)17)14(16)12-8-11(12)10-5-3-2-4-6-10/h2-7,11-12,14H,8H2,1H3. The maximum atomic E-state index is 3.89. The first-order valence-electron chi connectivity index (χ1n) is 6.11. The summed E-state index contributed by atoms with van der Waals surface area (Å²) in [5.41, 5.74) is 2.83. The lowest BCUT2D eigenvalue weighted by Gasteiger charge is -2.07. The number of thiophene rings is 1. The molecule has 1 aromatic carbocycles. The van der Waals surface area contributed by atoms with E-state index in [1.807, 2.05) is 11.3 Å². The Kier molecular flexibility index (Phi) is 3.65. The van der Waals surface area contributed by atoms with Gasteiger partial charge in [-0.1, -0.05) is 46.3 Å². The third-order valence-corrected chi connectivity index (χ3v) is 7.29. The highest BCUT2D eigenvalue weighted by molar-refractivity contribution is 9.11. The van der Waals surface area contributed by atoms with Crippen LogP contribution in [0, 0.1) is 12.8 Å². The molecule has 1 heterocycles. The molecule has 0 radical (unpaired) electrons. The SMILES string of the molecule is Cc1cc(C(Br)C2CC2c2ccccc2)sc1Br. The molecule has 0 aliphatic heterocycles. The molecular weight excluding hydrogens is 372 g/mol. The van der Waals surface area contributed by atoms with Crippen LogP contribution in [-0.4, -0.2) is 0 Å². The van der Waals surface area contributed by atoms with Crippen molar-refractivity contribution in [2.45, 2.75) is 24.1 Å². The van der Waals surface area contributed by atoms with Crippen LogP contribution in [0.15, 0.2) is 40.2 Å². The third kappa shape index (κ3) is 2.45. The summed E-state index contributed by atoms with van der Waals surface area (Å²) >= 11 is 9.36. The minimum Gasteiger partial charge on any atom is -0.132 e. The normalized spacial score (nSPS) is 23.9. The molecule has 18 heavy (non-hydrogen) atoms. The second kappa shape index (κ2) is 5.10. The highest BCUT2D eigenvalue weighted by atomic mass is 79.9. The van der Waals surface area contributed by atoms with Crippen LogP contribution in [0.3, 0.4) is 0 Å². The van der Waals surface area contributed by atoms with E-state index in [4.69, 9.17) is 0 Å². The lowest BCUT2D eigenvalue weighted by Crippen LogP contribution is -1.91. The molecule has 0 N–H and O–H groups in total. The van der Waals surface area contributed by atoms with Gasteiger partial charge >= 0.3 is 0 Å². The molecule has 0 amide bonds. The zero-order chi connectivity index (χ0) is 12.7. The van der Waals surface area contributed by atoms with Gasteiger partial charge in [0.15, 0.2) is 0 Å². The average molecular weight is 386 g/mol. The molecule has 3 rings (SSSR count). The molecule has 3 heteroatoms. The van der Waals surface area contributed by atoms with Crippen LogP contribution in [0.4, 0.5) is 0 Å². The van der Waals surface area contributed by atoms with Gasteiger partial charge in [0.05, 0.1) is 8.61 Å². The van der Waals surface area contributed by atoms with Crippen LogP contribution < -0.4 is 0 Å². The summed E-state index contributed by atoms with van der Waals surface area (Å²) in [6.07, 6.45) is 1.30. The fourth-order valence-corrected chi connectivity index (χ4v) is 5.07. The van der Waals surface area contributed by atoms with Crippen LogP contribution in [0.5, 0.6) is 0 Å². The molecule has 1 aliphatic carbocycles. The molecular formula is C15H14Br2S. The summed E-state index contributed by atoms with van der Waals surface area (Å²) in [6, 6.07) is 13.2. The van der Waals surface area contributed by atoms with E-state index in [0.717, 1.165) is 11.8 Å². The first-order chi connectivity index (χ1) is 8.66. The van der Waals surface area contributed by atoms with E-state index in [0.29, 0.717) is 4.83 Å². The van der Waals surface area contributed by atoms with Crippen molar-refractivity contribution in [3.05, 3.63) is 56.2 Å². The van der Waals surface area contributed by atoms with Gasteiger partial charge in [-0.2, -0.15) is 0 Å². The third-order valence-electron chi connectivity index (χ3n) is 3.59. The summed E-state index contributed by atoms with van der Waals surface area (Å²) in [5, 5.41) is 0. The number of hydrogen-bond acceptors (Lipinski definition) is 1. The van der Waals surface area contributed by atoms with Crippen molar-refractivity contribution in [2.24, 2.45) is 5.92 Å². The molecule has 1 aliphatic rings. The zero-order valence-electron chi connectivity index (χ0n) is 10.1. The zero-order valence-corrected chi connectivity index (χ0v) is 14.1. The monoisotopic (exact) mass is 384 g/mol. The Morgan fingerprint density at radius 2 is 2.00 bits per heavy atom. The molecule has 3 atom stereocenters. The smallest absolute Gasteiger partial charge is 0.0730 e. The fraction of sp³-hybridized carbons (Fsp3) is 0.333. The largest absolute Gasteiger partial charge is 0.132 e. The van der Waals surface area contributed by atoms with Gasteiger partial charge < -0.3 is 0 Å². The molecule has 94 valence electrons. The van der Waals surface area contributed by atoms with Crippen molar-refractivity contribution in [3.8, 4) is 0 Å². The Hall–Kier alpha value is -0.120. The van der Waals surface area contributed by atoms with Gasteiger partial charge in [0.1, 0.15) is 0 Å². The molecule has 1 aromatic heterocycles. The van der Waals surface area contributed by atoms with Gasteiger partial charge in [0.25, 0.3) is 0 Å². The number of alkyl halides is 1. The van der Waals surface area contributed by atoms with E-state index in [1.165, 1.54) is 26.2 Å². The minimum absolute atomic E-state index is 0.498. The number of aryl methyl sites for hydroxylation is 1. The van der Waals surface area contributed by atoms with E-state index >= 15 is 0 Å². The first kappa shape index (κ1) is 12.9. The molecule has 0 bridgehead atoms. The lowest BCUT2D eigenvalue weighted by molar-refractivity contribution is 0.797. The molecule has 1 fully saturated rings. The van der Waals surface area contributed by atoms with Crippen molar-refractivity contribution in [1.29, 1.82) is 0 Å². The van der Waals surface area contributed by atoms with Gasteiger partial charge in [-0.25, -0.2) is 0 Å². The van der Waals surface area contributed by atoms with Crippen molar-refractivity contribution in [3.63, 3.8) is 0 Å². The van der Waals surface area contributed by atoms with Crippen molar-refractivity contribution in [2.75, 3.05) is 0 Å². The van der Waals surface area contributed by atoms with Crippen molar-refractivity contribution >= 4 is 43.2 Å². The summed E-state index contributed by atoms with van der Waals surface area (Å²) in [4.78, 5) is 1.94. The van der Waals surface area contributed by atoms with Crippen LogP contribution in [0.2, 0.25) is 0 Å². The number of benzene rings is 1. The average Bonchev–Trinajstić information content (AvgIpc) is 3.11. The highest BCUT2D eigenvalue weighted by Gasteiger charge is 2.43. The highest BCUT2D eigenvalue weighted by Crippen LogP contribution is 2.58. The van der Waals surface area contributed by atoms with Crippen LogP contribution >= 0.6 is 43.2 Å². The number of rotatable bonds is 3. The molecule has 3 unspecified atom stereocenters. The molecule has 2 aromatic rings. The van der Waals surface area contributed by atoms with Crippen molar-refractivity contribution < 1.29 is 0 Å². The van der Waals surface area contributed by atoms with Gasteiger partial charge in [0.2, 0.25) is 0 Å². The van der Waals surface area contributed by atoms with Crippen molar-refractivity contribution in [1.82, 2.24) is 0 Å². The van der Waals surface area contributed by atoms with Gasteiger partial charge in [-0.15, -0.1) is 11.3 Å². The molecule has 0 nitrogen and oxygen atoms in total. The summed E-state index contributed by atoms with van der Waals surface area (Å²) in [7, 11) is 0. The Bertz CT molecular complexity index is 527. The van der Waals surface area contributed by atoms with E-state index in [9.17, 15) is 0 Å². The summed E-state index contributed by atoms with van der Waals surface area (Å²) < 4.78 is 1.26. The second-order valence-corrected chi connectivity index (χ2v) is 8.31. The maximum Gasteiger partial charge on any atom is 0.0730 e. The molecule has 1 saturated carbocycles. The lowest BCUT2D eigenvalue weighted by atomic mass is 10.1. The summed E-state index contributed by atoms with van der Waals surface area (Å²) in [6.45, 7) is 2.16. The maximum absolute atomic E-state index is 3.89. The fourth-order valence-electron chi connectivity index (χ4n) is 2.45. The Labute approximate surface area is 129 Å². The molecule has 0 saturated heterocycles. The van der Waals surface area contributed by atoms with Gasteiger partial charge in [0, 0.05) is 4.88 Å². The first-order valence-corrected chi connectivity index (χ1v) is 8.64. The topological polar surface area (TPSA) is 0 Å². The summed E-state index contributed by atoms with van der Waals surface area (Å²) in [5.74, 6) is 1.48. The van der Waals surface area contributed by atoms with E-state index in [2.05, 4.69) is 75.2 Å².